The van der Waals surface area contributed by atoms with Crippen LogP contribution in [0.2, 0.25) is 0 Å². The van der Waals surface area contributed by atoms with Crippen molar-refractivity contribution in [2.45, 2.75) is 0 Å². The zero-order chi connectivity index (χ0) is 46.8. The Morgan fingerprint density at radius 3 is 1.54 bits per heavy atom. The van der Waals surface area contributed by atoms with Crippen molar-refractivity contribution in [3.8, 4) is 50.2 Å². The summed E-state index contributed by atoms with van der Waals surface area (Å²) in [5.41, 5.74) is 17.8. The summed E-state index contributed by atoms with van der Waals surface area (Å²) >= 11 is 0. The predicted octanol–water partition coefficient (Wildman–Crippen LogP) is 19.1. The van der Waals surface area contributed by atoms with E-state index >= 15 is 0 Å². The molecule has 0 amide bonds. The maximum Gasteiger partial charge on any atom is 0.136 e. The Balaban J connectivity index is 0.840. The molecular formula is C68H44N2O. The largest absolute Gasteiger partial charge is 0.456 e. The minimum Gasteiger partial charge on any atom is -0.456 e. The summed E-state index contributed by atoms with van der Waals surface area (Å²) in [5.74, 6) is 0. The van der Waals surface area contributed by atoms with Gasteiger partial charge in [-0.3, -0.25) is 0 Å². The van der Waals surface area contributed by atoms with Gasteiger partial charge in [-0.25, -0.2) is 0 Å². The van der Waals surface area contributed by atoms with Gasteiger partial charge in [0.15, 0.2) is 0 Å². The van der Waals surface area contributed by atoms with E-state index in [1.165, 1.54) is 65.6 Å². The van der Waals surface area contributed by atoms with Gasteiger partial charge in [0.05, 0.1) is 16.7 Å². The molecule has 0 radical (unpaired) electrons. The van der Waals surface area contributed by atoms with Crippen LogP contribution < -0.4 is 4.90 Å². The molecule has 0 fully saturated rings. The third kappa shape index (κ3) is 6.97. The fourth-order valence-corrected chi connectivity index (χ4v) is 10.9. The van der Waals surface area contributed by atoms with Gasteiger partial charge in [-0.05, 0) is 145 Å². The topological polar surface area (TPSA) is 21.3 Å². The smallest absolute Gasteiger partial charge is 0.136 e. The molecule has 0 bridgehead atoms. The summed E-state index contributed by atoms with van der Waals surface area (Å²) in [6, 6.07) is 96.7. The van der Waals surface area contributed by atoms with Crippen molar-refractivity contribution < 1.29 is 4.42 Å². The van der Waals surface area contributed by atoms with Crippen LogP contribution >= 0.6 is 0 Å². The minimum atomic E-state index is 0.878. The number of para-hydroxylation sites is 4. The first-order chi connectivity index (χ1) is 35.2. The molecule has 71 heavy (non-hydrogen) atoms. The molecule has 14 aromatic rings. The summed E-state index contributed by atoms with van der Waals surface area (Å²) < 4.78 is 8.80. The van der Waals surface area contributed by atoms with Crippen LogP contribution in [0.15, 0.2) is 271 Å². The molecule has 0 spiro atoms. The lowest BCUT2D eigenvalue weighted by molar-refractivity contribution is 0.669. The van der Waals surface area contributed by atoms with Gasteiger partial charge in [0, 0.05) is 44.2 Å². The van der Waals surface area contributed by atoms with Crippen molar-refractivity contribution in [3.63, 3.8) is 0 Å². The molecule has 2 heterocycles. The van der Waals surface area contributed by atoms with Gasteiger partial charge in [0.1, 0.15) is 11.2 Å². The van der Waals surface area contributed by atoms with Crippen LogP contribution in [-0.4, -0.2) is 4.57 Å². The minimum absolute atomic E-state index is 0.878. The lowest BCUT2D eigenvalue weighted by atomic mass is 9.97. The lowest BCUT2D eigenvalue weighted by Crippen LogP contribution is -2.11. The molecular weight excluding hydrogens is 861 g/mol. The number of fused-ring (bicyclic) bond motifs is 9. The van der Waals surface area contributed by atoms with Crippen molar-refractivity contribution in [2.75, 3.05) is 4.90 Å². The second-order valence-electron chi connectivity index (χ2n) is 18.5. The number of aromatic nitrogens is 1. The van der Waals surface area contributed by atoms with Gasteiger partial charge in [0.25, 0.3) is 0 Å². The zero-order valence-corrected chi connectivity index (χ0v) is 38.7. The summed E-state index contributed by atoms with van der Waals surface area (Å²) in [5, 5.41) is 9.81. The molecule has 2 aromatic heterocycles. The highest BCUT2D eigenvalue weighted by Gasteiger charge is 2.20. The number of furan rings is 1. The van der Waals surface area contributed by atoms with E-state index in [0.717, 1.165) is 66.9 Å². The molecule has 3 heteroatoms. The van der Waals surface area contributed by atoms with Crippen molar-refractivity contribution in [2.24, 2.45) is 0 Å². The van der Waals surface area contributed by atoms with Crippen LogP contribution in [0, 0.1) is 0 Å². The Kier molecular flexibility index (Phi) is 9.53. The first kappa shape index (κ1) is 40.6. The molecule has 0 saturated carbocycles. The van der Waals surface area contributed by atoms with E-state index < -0.39 is 0 Å². The molecule has 14 rings (SSSR count). The van der Waals surface area contributed by atoms with Crippen LogP contribution in [0.5, 0.6) is 0 Å². The van der Waals surface area contributed by atoms with Crippen LogP contribution in [0.1, 0.15) is 0 Å². The summed E-state index contributed by atoms with van der Waals surface area (Å²) in [7, 11) is 0. The molecule has 0 unspecified atom stereocenters. The molecule has 0 aliphatic rings. The van der Waals surface area contributed by atoms with Crippen molar-refractivity contribution >= 4 is 82.4 Å². The number of hydrogen-bond donors (Lipinski definition) is 0. The van der Waals surface area contributed by atoms with Crippen molar-refractivity contribution in [3.05, 3.63) is 267 Å². The fourth-order valence-electron chi connectivity index (χ4n) is 10.9. The Hall–Kier alpha value is -9.44. The van der Waals surface area contributed by atoms with Gasteiger partial charge in [-0.2, -0.15) is 0 Å². The highest BCUT2D eigenvalue weighted by atomic mass is 16.3. The van der Waals surface area contributed by atoms with E-state index in [-0.39, 0.29) is 0 Å². The first-order valence-electron chi connectivity index (χ1n) is 24.3. The molecule has 0 saturated heterocycles. The van der Waals surface area contributed by atoms with Crippen molar-refractivity contribution in [1.82, 2.24) is 4.57 Å². The molecule has 0 aliphatic heterocycles. The van der Waals surface area contributed by atoms with E-state index in [9.17, 15) is 0 Å². The summed E-state index contributed by atoms with van der Waals surface area (Å²) in [6.07, 6.45) is 0. The van der Waals surface area contributed by atoms with Crippen LogP contribution in [-0.2, 0) is 0 Å². The molecule has 0 atom stereocenters. The monoisotopic (exact) mass is 904 g/mol. The molecule has 0 N–H and O–H groups in total. The van der Waals surface area contributed by atoms with Gasteiger partial charge < -0.3 is 13.9 Å². The summed E-state index contributed by atoms with van der Waals surface area (Å²) in [4.78, 5) is 2.38. The zero-order valence-electron chi connectivity index (χ0n) is 38.7. The summed E-state index contributed by atoms with van der Waals surface area (Å²) in [6.45, 7) is 0. The average Bonchev–Trinajstić information content (AvgIpc) is 3.99. The van der Waals surface area contributed by atoms with Crippen LogP contribution in [0.4, 0.5) is 17.1 Å². The highest BCUT2D eigenvalue weighted by molar-refractivity contribution is 6.10. The lowest BCUT2D eigenvalue weighted by Gasteiger charge is -2.28. The second-order valence-corrected chi connectivity index (χ2v) is 18.5. The maximum atomic E-state index is 6.42. The first-order valence-corrected chi connectivity index (χ1v) is 24.3. The van der Waals surface area contributed by atoms with E-state index in [0.29, 0.717) is 0 Å². The maximum absolute atomic E-state index is 6.42. The SMILES string of the molecule is c1cc(-c2ccc(N(c3ccc(-c4ccc5c(ccc6ccccc65)c4)cc3)c3ccccc3-c3ccc4c(c3)oc3ccccc34)cc2)cc(-c2cccc(-n3c4ccccc4c4ccccc43)c2)c1. The van der Waals surface area contributed by atoms with Crippen molar-refractivity contribution in [1.29, 1.82) is 0 Å². The van der Waals surface area contributed by atoms with Gasteiger partial charge in [-0.1, -0.05) is 182 Å². The average molecular weight is 905 g/mol. The standard InChI is InChI=1S/C68H44N2O/c1-2-18-57-47(13-1)27-28-52-42-51(33-39-58(52)57)46-31-37-55(38-32-46)69(64-23-7-3-19-59(64)53-34-40-63-62-22-6-10-26-67(62)71-68(63)44-53)54-35-29-45(30-36-54)48-14-11-15-49(41-48)50-16-12-17-56(43-50)70-65-24-8-4-20-60(65)61-21-5-9-25-66(61)70/h1-44H. The van der Waals surface area contributed by atoms with Crippen LogP contribution in [0.3, 0.4) is 0 Å². The number of nitrogens with zero attached hydrogens (tertiary/aromatic N) is 2. The number of benzene rings is 12. The quantitative estimate of drug-likeness (QED) is 0.142. The number of anilines is 3. The van der Waals surface area contributed by atoms with Crippen LogP contribution in [0.25, 0.3) is 115 Å². The van der Waals surface area contributed by atoms with Gasteiger partial charge in [-0.15, -0.1) is 0 Å². The number of hydrogen-bond acceptors (Lipinski definition) is 2. The van der Waals surface area contributed by atoms with Gasteiger partial charge >= 0.3 is 0 Å². The van der Waals surface area contributed by atoms with E-state index in [4.69, 9.17) is 4.42 Å². The number of rotatable bonds is 8. The molecule has 3 nitrogen and oxygen atoms in total. The fraction of sp³-hybridized carbons (Fsp3) is 0. The van der Waals surface area contributed by atoms with E-state index in [2.05, 4.69) is 264 Å². The molecule has 12 aromatic carbocycles. The van der Waals surface area contributed by atoms with E-state index in [1.54, 1.807) is 0 Å². The van der Waals surface area contributed by atoms with E-state index in [1.807, 2.05) is 12.1 Å². The Morgan fingerprint density at radius 2 is 0.789 bits per heavy atom. The van der Waals surface area contributed by atoms with Gasteiger partial charge in [0.2, 0.25) is 0 Å². The molecule has 0 aliphatic carbocycles. The Morgan fingerprint density at radius 1 is 0.282 bits per heavy atom. The normalized spacial score (nSPS) is 11.7. The highest BCUT2D eigenvalue weighted by Crippen LogP contribution is 2.44. The third-order valence-electron chi connectivity index (χ3n) is 14.4. The Bertz CT molecular complexity index is 4290. The Labute approximate surface area is 411 Å². The molecule has 332 valence electrons. The predicted molar refractivity (Wildman–Crippen MR) is 299 cm³/mol. The second kappa shape index (κ2) is 16.7. The third-order valence-corrected chi connectivity index (χ3v) is 14.4.